The molecule has 2 rings (SSSR count). The fraction of sp³-hybridized carbons (Fsp3) is 0.625. The average molecular weight is 326 g/mol. The SMILES string of the molecule is CN(C)CC(c1ccc(Br)cc1)C1(O)CCCCC1. The van der Waals surface area contributed by atoms with E-state index in [1.54, 1.807) is 0 Å². The predicted molar refractivity (Wildman–Crippen MR) is 83.5 cm³/mol. The Morgan fingerprint density at radius 2 is 1.74 bits per heavy atom. The minimum atomic E-state index is -0.531. The largest absolute Gasteiger partial charge is 0.389 e. The van der Waals surface area contributed by atoms with Crippen LogP contribution in [-0.2, 0) is 0 Å². The van der Waals surface area contributed by atoms with Crippen LogP contribution in [0.2, 0.25) is 0 Å². The lowest BCUT2D eigenvalue weighted by Crippen LogP contribution is -2.42. The molecule has 0 bridgehead atoms. The van der Waals surface area contributed by atoms with Crippen molar-refractivity contribution < 1.29 is 5.11 Å². The van der Waals surface area contributed by atoms with Crippen LogP contribution < -0.4 is 0 Å². The summed E-state index contributed by atoms with van der Waals surface area (Å²) in [6.45, 7) is 0.901. The molecule has 0 spiro atoms. The maximum atomic E-state index is 11.1. The third kappa shape index (κ3) is 3.80. The number of halogens is 1. The van der Waals surface area contributed by atoms with E-state index in [0.717, 1.165) is 36.7 Å². The lowest BCUT2D eigenvalue weighted by Gasteiger charge is -2.40. The van der Waals surface area contributed by atoms with Gasteiger partial charge in [-0.2, -0.15) is 0 Å². The smallest absolute Gasteiger partial charge is 0.0728 e. The lowest BCUT2D eigenvalue weighted by molar-refractivity contribution is -0.0277. The van der Waals surface area contributed by atoms with Crippen molar-refractivity contribution in [1.82, 2.24) is 4.90 Å². The Hall–Kier alpha value is -0.380. The highest BCUT2D eigenvalue weighted by molar-refractivity contribution is 9.10. The minimum absolute atomic E-state index is 0.205. The van der Waals surface area contributed by atoms with Crippen LogP contribution >= 0.6 is 15.9 Å². The molecule has 1 aliphatic carbocycles. The van der Waals surface area contributed by atoms with E-state index < -0.39 is 5.60 Å². The van der Waals surface area contributed by atoms with Crippen LogP contribution in [0.4, 0.5) is 0 Å². The van der Waals surface area contributed by atoms with Crippen molar-refractivity contribution in [3.63, 3.8) is 0 Å². The number of hydrogen-bond donors (Lipinski definition) is 1. The number of rotatable bonds is 4. The van der Waals surface area contributed by atoms with Crippen LogP contribution in [-0.4, -0.2) is 36.2 Å². The van der Waals surface area contributed by atoms with Crippen LogP contribution in [0.25, 0.3) is 0 Å². The van der Waals surface area contributed by atoms with Gasteiger partial charge in [0.05, 0.1) is 5.60 Å². The molecule has 1 fully saturated rings. The zero-order valence-corrected chi connectivity index (χ0v) is 13.5. The van der Waals surface area contributed by atoms with Gasteiger partial charge in [0, 0.05) is 16.9 Å². The molecular formula is C16H24BrNO. The normalized spacial score (nSPS) is 20.5. The first-order chi connectivity index (χ1) is 9.01. The summed E-state index contributed by atoms with van der Waals surface area (Å²) >= 11 is 3.48. The van der Waals surface area contributed by atoms with Crippen molar-refractivity contribution >= 4 is 15.9 Å². The first-order valence-electron chi connectivity index (χ1n) is 7.14. The van der Waals surface area contributed by atoms with Gasteiger partial charge in [-0.1, -0.05) is 47.3 Å². The molecular weight excluding hydrogens is 302 g/mol. The van der Waals surface area contributed by atoms with Crippen molar-refractivity contribution in [3.8, 4) is 0 Å². The molecule has 1 saturated carbocycles. The van der Waals surface area contributed by atoms with E-state index in [9.17, 15) is 5.11 Å². The molecule has 0 saturated heterocycles. The predicted octanol–water partition coefficient (Wildman–Crippen LogP) is 3.79. The Bertz CT molecular complexity index is 396. The second-order valence-electron chi connectivity index (χ2n) is 6.03. The van der Waals surface area contributed by atoms with Gasteiger partial charge in [-0.05, 0) is 44.6 Å². The lowest BCUT2D eigenvalue weighted by atomic mass is 9.72. The molecule has 0 aromatic heterocycles. The third-order valence-electron chi connectivity index (χ3n) is 4.19. The monoisotopic (exact) mass is 325 g/mol. The van der Waals surface area contributed by atoms with Gasteiger partial charge in [0.25, 0.3) is 0 Å². The van der Waals surface area contributed by atoms with Gasteiger partial charge in [0.1, 0.15) is 0 Å². The summed E-state index contributed by atoms with van der Waals surface area (Å²) in [4.78, 5) is 2.18. The van der Waals surface area contributed by atoms with Gasteiger partial charge >= 0.3 is 0 Å². The molecule has 1 aliphatic rings. The highest BCUT2D eigenvalue weighted by Gasteiger charge is 2.38. The molecule has 0 aliphatic heterocycles. The maximum absolute atomic E-state index is 11.1. The third-order valence-corrected chi connectivity index (χ3v) is 4.72. The summed E-state index contributed by atoms with van der Waals surface area (Å²) < 4.78 is 1.09. The van der Waals surface area contributed by atoms with Crippen LogP contribution in [0.15, 0.2) is 28.7 Å². The zero-order chi connectivity index (χ0) is 13.9. The number of aliphatic hydroxyl groups is 1. The highest BCUT2D eigenvalue weighted by atomic mass is 79.9. The second kappa shape index (κ2) is 6.38. The van der Waals surface area contributed by atoms with Crippen molar-refractivity contribution in [3.05, 3.63) is 34.3 Å². The van der Waals surface area contributed by atoms with Crippen molar-refractivity contribution in [2.45, 2.75) is 43.6 Å². The van der Waals surface area contributed by atoms with E-state index in [1.165, 1.54) is 12.0 Å². The number of nitrogens with zero attached hydrogens (tertiary/aromatic N) is 1. The Kier molecular flexibility index (Phi) is 5.04. The van der Waals surface area contributed by atoms with E-state index in [-0.39, 0.29) is 5.92 Å². The van der Waals surface area contributed by atoms with E-state index in [4.69, 9.17) is 0 Å². The first-order valence-corrected chi connectivity index (χ1v) is 7.93. The van der Waals surface area contributed by atoms with Crippen molar-refractivity contribution in [2.75, 3.05) is 20.6 Å². The fourth-order valence-corrected chi connectivity index (χ4v) is 3.42. The molecule has 2 nitrogen and oxygen atoms in total. The molecule has 1 unspecified atom stereocenters. The van der Waals surface area contributed by atoms with Crippen LogP contribution in [0.5, 0.6) is 0 Å². The molecule has 1 aromatic rings. The van der Waals surface area contributed by atoms with E-state index in [2.05, 4.69) is 59.2 Å². The molecule has 0 radical (unpaired) electrons. The Labute approximate surface area is 124 Å². The molecule has 19 heavy (non-hydrogen) atoms. The summed E-state index contributed by atoms with van der Waals surface area (Å²) in [5.41, 5.74) is 0.720. The molecule has 106 valence electrons. The van der Waals surface area contributed by atoms with Gasteiger partial charge in [-0.15, -0.1) is 0 Å². The van der Waals surface area contributed by atoms with Gasteiger partial charge in [-0.3, -0.25) is 0 Å². The molecule has 0 heterocycles. The number of likely N-dealkylation sites (N-methyl/N-ethyl adjacent to an activating group) is 1. The summed E-state index contributed by atoms with van der Waals surface area (Å²) in [5.74, 6) is 0.205. The first kappa shape index (κ1) is 15.0. The summed E-state index contributed by atoms with van der Waals surface area (Å²) in [6, 6.07) is 8.43. The molecule has 3 heteroatoms. The molecule has 0 amide bonds. The summed E-state index contributed by atoms with van der Waals surface area (Å²) in [6.07, 6.45) is 5.42. The summed E-state index contributed by atoms with van der Waals surface area (Å²) in [7, 11) is 4.16. The van der Waals surface area contributed by atoms with Crippen LogP contribution in [0.3, 0.4) is 0 Å². The van der Waals surface area contributed by atoms with Gasteiger partial charge in [0.2, 0.25) is 0 Å². The van der Waals surface area contributed by atoms with E-state index in [1.807, 2.05) is 0 Å². The zero-order valence-electron chi connectivity index (χ0n) is 11.9. The highest BCUT2D eigenvalue weighted by Crippen LogP contribution is 2.40. The maximum Gasteiger partial charge on any atom is 0.0728 e. The molecule has 1 aromatic carbocycles. The van der Waals surface area contributed by atoms with Gasteiger partial charge < -0.3 is 10.0 Å². The fourth-order valence-electron chi connectivity index (χ4n) is 3.16. The Morgan fingerprint density at radius 1 is 1.16 bits per heavy atom. The minimum Gasteiger partial charge on any atom is -0.389 e. The molecule has 1 N–H and O–H groups in total. The van der Waals surface area contributed by atoms with Crippen molar-refractivity contribution in [2.24, 2.45) is 0 Å². The van der Waals surface area contributed by atoms with E-state index in [0.29, 0.717) is 0 Å². The number of benzene rings is 1. The molecule has 1 atom stereocenters. The average Bonchev–Trinajstić information content (AvgIpc) is 2.38. The summed E-state index contributed by atoms with van der Waals surface area (Å²) in [5, 5.41) is 11.1. The van der Waals surface area contributed by atoms with Gasteiger partial charge in [0.15, 0.2) is 0 Å². The topological polar surface area (TPSA) is 23.5 Å². The van der Waals surface area contributed by atoms with Crippen LogP contribution in [0.1, 0.15) is 43.6 Å². The Morgan fingerprint density at radius 3 is 2.26 bits per heavy atom. The van der Waals surface area contributed by atoms with Gasteiger partial charge in [-0.25, -0.2) is 0 Å². The number of hydrogen-bond acceptors (Lipinski definition) is 2. The van der Waals surface area contributed by atoms with Crippen molar-refractivity contribution in [1.29, 1.82) is 0 Å². The van der Waals surface area contributed by atoms with Crippen LogP contribution in [0, 0.1) is 0 Å². The second-order valence-corrected chi connectivity index (χ2v) is 6.95. The van der Waals surface area contributed by atoms with E-state index >= 15 is 0 Å². The quantitative estimate of drug-likeness (QED) is 0.910. The standard InChI is InChI=1S/C16H24BrNO/c1-18(2)12-15(13-6-8-14(17)9-7-13)16(19)10-4-3-5-11-16/h6-9,15,19H,3-5,10-12H2,1-2H3. The Balaban J connectivity index is 2.26.